The Kier molecular flexibility index (Phi) is 5.48. The Morgan fingerprint density at radius 3 is 2.79 bits per heavy atom. The van der Waals surface area contributed by atoms with Crippen molar-refractivity contribution in [2.24, 2.45) is 5.92 Å². The lowest BCUT2D eigenvalue weighted by Gasteiger charge is -2.38. The lowest BCUT2D eigenvalue weighted by atomic mass is 9.92. The zero-order valence-electron chi connectivity index (χ0n) is 16.7. The molecule has 9 heteroatoms. The van der Waals surface area contributed by atoms with Crippen molar-refractivity contribution in [3.8, 4) is 5.75 Å². The van der Waals surface area contributed by atoms with Gasteiger partial charge in [0.25, 0.3) is 0 Å². The van der Waals surface area contributed by atoms with Gasteiger partial charge in [0.2, 0.25) is 11.8 Å². The number of carbonyl (C=O) groups is 2. The summed E-state index contributed by atoms with van der Waals surface area (Å²) in [7, 11) is 3.57. The summed E-state index contributed by atoms with van der Waals surface area (Å²) >= 11 is 0. The van der Waals surface area contributed by atoms with Gasteiger partial charge in [-0.1, -0.05) is 12.1 Å². The Morgan fingerprint density at radius 2 is 2.10 bits per heavy atom. The average Bonchev–Trinajstić information content (AvgIpc) is 3.35. The molecule has 2 saturated heterocycles. The Morgan fingerprint density at radius 1 is 1.31 bits per heavy atom. The van der Waals surface area contributed by atoms with E-state index in [0.717, 1.165) is 17.9 Å². The van der Waals surface area contributed by atoms with E-state index >= 15 is 0 Å². The van der Waals surface area contributed by atoms with E-state index in [1.807, 2.05) is 41.1 Å². The largest absolute Gasteiger partial charge is 0.497 e. The summed E-state index contributed by atoms with van der Waals surface area (Å²) in [5, 5.41) is 7.07. The van der Waals surface area contributed by atoms with Crippen LogP contribution in [0.2, 0.25) is 0 Å². The van der Waals surface area contributed by atoms with Gasteiger partial charge in [0, 0.05) is 19.1 Å². The first-order valence-electron chi connectivity index (χ1n) is 9.80. The molecule has 3 heterocycles. The maximum absolute atomic E-state index is 13.1. The van der Waals surface area contributed by atoms with Crippen LogP contribution in [0.3, 0.4) is 0 Å². The maximum Gasteiger partial charge on any atom is 0.237 e. The molecular formula is C20H26N6O3. The number of fused-ring (bicyclic) bond motifs is 1. The molecule has 2 fully saturated rings. The minimum Gasteiger partial charge on any atom is -0.497 e. The maximum atomic E-state index is 13.1. The summed E-state index contributed by atoms with van der Waals surface area (Å²) in [6.07, 6.45) is 3.75. The van der Waals surface area contributed by atoms with Crippen LogP contribution in [0.5, 0.6) is 5.75 Å². The Balaban J connectivity index is 1.54. The van der Waals surface area contributed by atoms with Crippen molar-refractivity contribution in [2.45, 2.75) is 25.0 Å². The molecule has 0 bridgehead atoms. The van der Waals surface area contributed by atoms with Crippen molar-refractivity contribution in [3.63, 3.8) is 0 Å². The van der Waals surface area contributed by atoms with Crippen LogP contribution >= 0.6 is 0 Å². The Hall–Kier alpha value is -2.94. The van der Waals surface area contributed by atoms with E-state index in [2.05, 4.69) is 15.4 Å². The molecule has 154 valence electrons. The van der Waals surface area contributed by atoms with Gasteiger partial charge in [-0.05, 0) is 31.2 Å². The topological polar surface area (TPSA) is 92.6 Å². The molecule has 9 nitrogen and oxygen atoms in total. The highest BCUT2D eigenvalue weighted by Crippen LogP contribution is 2.43. The number of ether oxygens (including phenoxy) is 1. The van der Waals surface area contributed by atoms with Crippen LogP contribution in [-0.2, 0) is 16.1 Å². The molecule has 0 aliphatic carbocycles. The molecule has 1 N–H and O–H groups in total. The van der Waals surface area contributed by atoms with E-state index in [1.54, 1.807) is 18.1 Å². The number of likely N-dealkylation sites (N-methyl/N-ethyl adjacent to an activating group) is 1. The van der Waals surface area contributed by atoms with Gasteiger partial charge in [-0.3, -0.25) is 19.2 Å². The highest BCUT2D eigenvalue weighted by molar-refractivity contribution is 5.85. The van der Waals surface area contributed by atoms with Crippen LogP contribution in [0.1, 0.15) is 18.0 Å². The molecule has 0 spiro atoms. The number of nitrogens with zero attached hydrogens (tertiary/aromatic N) is 5. The predicted octanol–water partition coefficient (Wildman–Crippen LogP) is 0.307. The van der Waals surface area contributed by atoms with Crippen LogP contribution in [0.4, 0.5) is 0 Å². The van der Waals surface area contributed by atoms with E-state index in [9.17, 15) is 9.59 Å². The number of carbonyl (C=O) groups excluding carboxylic acids is 2. The zero-order chi connectivity index (χ0) is 20.4. The normalized spacial score (nSPS) is 24.4. The van der Waals surface area contributed by atoms with Gasteiger partial charge in [-0.15, -0.1) is 0 Å². The second kappa shape index (κ2) is 8.20. The van der Waals surface area contributed by atoms with Crippen molar-refractivity contribution in [1.29, 1.82) is 0 Å². The van der Waals surface area contributed by atoms with Crippen molar-refractivity contribution >= 4 is 11.8 Å². The van der Waals surface area contributed by atoms with Crippen molar-refractivity contribution < 1.29 is 14.3 Å². The fraction of sp³-hybridized carbons (Fsp3) is 0.500. The number of amides is 2. The number of piperazine rings is 1. The van der Waals surface area contributed by atoms with Crippen LogP contribution in [0.25, 0.3) is 0 Å². The zero-order valence-corrected chi connectivity index (χ0v) is 16.7. The predicted molar refractivity (Wildman–Crippen MR) is 105 cm³/mol. The number of benzene rings is 1. The summed E-state index contributed by atoms with van der Waals surface area (Å²) in [5.74, 6) is 0.500. The number of hydrogen-bond acceptors (Lipinski definition) is 6. The first kappa shape index (κ1) is 19.4. The molecular weight excluding hydrogens is 372 g/mol. The van der Waals surface area contributed by atoms with Crippen molar-refractivity contribution in [3.05, 3.63) is 42.5 Å². The Labute approximate surface area is 169 Å². The van der Waals surface area contributed by atoms with Crippen LogP contribution in [0, 0.1) is 5.92 Å². The van der Waals surface area contributed by atoms with Crippen molar-refractivity contribution in [2.75, 3.05) is 33.8 Å². The smallest absolute Gasteiger partial charge is 0.237 e. The molecule has 29 heavy (non-hydrogen) atoms. The quantitative estimate of drug-likeness (QED) is 0.753. The van der Waals surface area contributed by atoms with E-state index in [-0.39, 0.29) is 29.8 Å². The fourth-order valence-corrected chi connectivity index (χ4v) is 4.43. The lowest BCUT2D eigenvalue weighted by molar-refractivity contribution is -0.140. The molecule has 2 aliphatic rings. The lowest BCUT2D eigenvalue weighted by Crippen LogP contribution is -2.53. The number of hydrogen-bond donors (Lipinski definition) is 1. The molecule has 2 aliphatic heterocycles. The molecule has 0 saturated carbocycles. The summed E-state index contributed by atoms with van der Waals surface area (Å²) in [6.45, 7) is 2.18. The summed E-state index contributed by atoms with van der Waals surface area (Å²) in [4.78, 5) is 33.8. The van der Waals surface area contributed by atoms with Gasteiger partial charge in [-0.2, -0.15) is 5.10 Å². The number of nitrogens with one attached hydrogen (secondary N) is 1. The minimum absolute atomic E-state index is 0.0317. The second-order valence-corrected chi connectivity index (χ2v) is 7.66. The van der Waals surface area contributed by atoms with Gasteiger partial charge in [0.15, 0.2) is 0 Å². The molecule has 2 amide bonds. The van der Waals surface area contributed by atoms with Crippen LogP contribution in [-0.4, -0.2) is 76.2 Å². The molecule has 2 aromatic rings. The van der Waals surface area contributed by atoms with Crippen LogP contribution < -0.4 is 10.1 Å². The van der Waals surface area contributed by atoms with Gasteiger partial charge < -0.3 is 15.0 Å². The second-order valence-electron chi connectivity index (χ2n) is 7.66. The van der Waals surface area contributed by atoms with Crippen LogP contribution in [0.15, 0.2) is 36.9 Å². The van der Waals surface area contributed by atoms with Gasteiger partial charge in [0.1, 0.15) is 18.4 Å². The Bertz CT molecular complexity index is 854. The summed E-state index contributed by atoms with van der Waals surface area (Å²) in [6, 6.07) is 7.43. The molecule has 1 aromatic heterocycles. The molecule has 0 radical (unpaired) electrons. The summed E-state index contributed by atoms with van der Waals surface area (Å²) in [5.41, 5.74) is 0.961. The molecule has 3 atom stereocenters. The monoisotopic (exact) mass is 398 g/mol. The third-order valence-corrected chi connectivity index (χ3v) is 5.72. The first-order chi connectivity index (χ1) is 14.1. The van der Waals surface area contributed by atoms with E-state index in [0.29, 0.717) is 26.1 Å². The minimum atomic E-state index is -0.292. The number of methoxy groups -OCH3 is 1. The number of aromatic nitrogens is 3. The molecule has 1 aromatic carbocycles. The third-order valence-electron chi connectivity index (χ3n) is 5.72. The first-order valence-corrected chi connectivity index (χ1v) is 9.80. The average molecular weight is 398 g/mol. The van der Waals surface area contributed by atoms with Gasteiger partial charge in [0.05, 0.1) is 32.2 Å². The van der Waals surface area contributed by atoms with E-state index in [4.69, 9.17) is 4.74 Å². The fourth-order valence-electron chi connectivity index (χ4n) is 4.43. The van der Waals surface area contributed by atoms with E-state index < -0.39 is 0 Å². The highest BCUT2D eigenvalue weighted by atomic mass is 16.5. The number of rotatable bonds is 6. The SMILES string of the molecule is COc1ccc([C@@H]2[C@H](C(=O)NCCn3cncn3)C[C@@H]3CN(C)CC(=O)N32)cc1. The van der Waals surface area contributed by atoms with E-state index in [1.165, 1.54) is 6.33 Å². The molecule has 4 rings (SSSR count). The highest BCUT2D eigenvalue weighted by Gasteiger charge is 2.49. The molecule has 0 unspecified atom stereocenters. The van der Waals surface area contributed by atoms with Gasteiger partial charge >= 0.3 is 0 Å². The standard InChI is InChI=1S/C20H26N6O3/c1-24-10-15-9-17(20(28)22-7-8-25-13-21-12-23-25)19(26(15)18(27)11-24)14-3-5-16(29-2)6-4-14/h3-6,12-13,15,17,19H,7-11H2,1-2H3,(H,22,28)/t15-,17-,19-/m1/s1. The summed E-state index contributed by atoms with van der Waals surface area (Å²) < 4.78 is 6.93. The van der Waals surface area contributed by atoms with Gasteiger partial charge in [-0.25, -0.2) is 4.98 Å². The van der Waals surface area contributed by atoms with Crippen molar-refractivity contribution in [1.82, 2.24) is 29.9 Å². The third kappa shape index (κ3) is 3.95.